The Hall–Kier alpha value is -1.55. The maximum absolute atomic E-state index is 12.1. The number of rotatable bonds is 3. The minimum Gasteiger partial charge on any atom is -0.508 e. The summed E-state index contributed by atoms with van der Waals surface area (Å²) in [5, 5.41) is 12.1. The molecule has 0 heterocycles. The van der Waals surface area contributed by atoms with Gasteiger partial charge in [0.1, 0.15) is 5.75 Å². The number of anilines is 1. The normalized spacial score (nSPS) is 12.3. The molecule has 4 nitrogen and oxygen atoms in total. The number of hydrogen-bond acceptors (Lipinski definition) is 3. The lowest BCUT2D eigenvalue weighted by Gasteiger charge is -2.36. The first-order chi connectivity index (χ1) is 7.64. The van der Waals surface area contributed by atoms with E-state index in [1.54, 1.807) is 32.0 Å². The van der Waals surface area contributed by atoms with Crippen molar-refractivity contribution in [2.45, 2.75) is 33.2 Å². The van der Waals surface area contributed by atoms with E-state index in [1.165, 1.54) is 6.07 Å². The van der Waals surface area contributed by atoms with Gasteiger partial charge in [0.05, 0.1) is 5.41 Å². The summed E-state index contributed by atoms with van der Waals surface area (Å²) < 4.78 is 0. The predicted molar refractivity (Wildman–Crippen MR) is 68.8 cm³/mol. The van der Waals surface area contributed by atoms with Crippen LogP contribution >= 0.6 is 0 Å². The fourth-order valence-electron chi connectivity index (χ4n) is 1.16. The molecule has 0 radical (unpaired) electrons. The number of hydrogen-bond donors (Lipinski definition) is 3. The molecule has 4 heteroatoms. The van der Waals surface area contributed by atoms with Gasteiger partial charge in [0.25, 0.3) is 0 Å². The third kappa shape index (κ3) is 2.97. The smallest absolute Gasteiger partial charge is 0.231 e. The summed E-state index contributed by atoms with van der Waals surface area (Å²) in [4.78, 5) is 12.1. The van der Waals surface area contributed by atoms with Gasteiger partial charge in [-0.3, -0.25) is 4.79 Å². The van der Waals surface area contributed by atoms with Crippen LogP contribution in [0, 0.1) is 5.41 Å². The van der Waals surface area contributed by atoms with Crippen molar-refractivity contribution in [3.8, 4) is 5.75 Å². The highest BCUT2D eigenvalue weighted by Gasteiger charge is 2.40. The van der Waals surface area contributed by atoms with Crippen molar-refractivity contribution in [3.63, 3.8) is 0 Å². The third-order valence-electron chi connectivity index (χ3n) is 3.28. The van der Waals surface area contributed by atoms with Gasteiger partial charge in [-0.1, -0.05) is 6.07 Å². The molecule has 0 fully saturated rings. The summed E-state index contributed by atoms with van der Waals surface area (Å²) in [5.74, 6) is -0.0526. The van der Waals surface area contributed by atoms with Gasteiger partial charge in [0.15, 0.2) is 0 Å². The van der Waals surface area contributed by atoms with Crippen LogP contribution in [0.25, 0.3) is 0 Å². The molecule has 1 aromatic rings. The van der Waals surface area contributed by atoms with Crippen molar-refractivity contribution in [2.75, 3.05) is 5.32 Å². The average Bonchev–Trinajstić information content (AvgIpc) is 2.15. The van der Waals surface area contributed by atoms with Gasteiger partial charge in [0.2, 0.25) is 5.91 Å². The van der Waals surface area contributed by atoms with Crippen LogP contribution in [0.1, 0.15) is 27.7 Å². The van der Waals surface area contributed by atoms with Crippen molar-refractivity contribution >= 4 is 11.6 Å². The van der Waals surface area contributed by atoms with Crippen molar-refractivity contribution in [1.29, 1.82) is 0 Å². The molecule has 0 bridgehead atoms. The molecule has 0 aliphatic rings. The Labute approximate surface area is 102 Å². The Bertz CT molecular complexity index is 420. The minimum absolute atomic E-state index is 0.118. The SMILES string of the molecule is CC(C)(N)C(C)(C)C(=O)Nc1cccc(O)c1. The highest BCUT2D eigenvalue weighted by molar-refractivity contribution is 5.95. The van der Waals surface area contributed by atoms with E-state index in [-0.39, 0.29) is 11.7 Å². The quantitative estimate of drug-likeness (QED) is 0.752. The number of phenols is 1. The first-order valence-electron chi connectivity index (χ1n) is 5.54. The van der Waals surface area contributed by atoms with Crippen LogP contribution in [0.2, 0.25) is 0 Å². The van der Waals surface area contributed by atoms with E-state index < -0.39 is 11.0 Å². The second-order valence-electron chi connectivity index (χ2n) is 5.35. The van der Waals surface area contributed by atoms with Crippen molar-refractivity contribution in [1.82, 2.24) is 0 Å². The molecule has 0 spiro atoms. The number of carbonyl (C=O) groups is 1. The van der Waals surface area contributed by atoms with Crippen LogP contribution in [-0.4, -0.2) is 16.6 Å². The number of amides is 1. The number of nitrogens with two attached hydrogens (primary N) is 1. The van der Waals surface area contributed by atoms with Crippen LogP contribution in [0.5, 0.6) is 5.75 Å². The standard InChI is InChI=1S/C13H20N2O2/c1-12(2,13(3,4)14)11(17)15-9-6-5-7-10(16)8-9/h5-8,16H,14H2,1-4H3,(H,15,17). The molecule has 0 unspecified atom stereocenters. The number of aromatic hydroxyl groups is 1. The molecule has 94 valence electrons. The second-order valence-corrected chi connectivity index (χ2v) is 5.35. The summed E-state index contributed by atoms with van der Waals surface area (Å²) in [7, 11) is 0. The topological polar surface area (TPSA) is 75.4 Å². The van der Waals surface area contributed by atoms with Gasteiger partial charge in [-0.2, -0.15) is 0 Å². The number of benzene rings is 1. The van der Waals surface area contributed by atoms with E-state index in [4.69, 9.17) is 5.73 Å². The highest BCUT2D eigenvalue weighted by Crippen LogP contribution is 2.30. The number of nitrogens with one attached hydrogen (secondary N) is 1. The zero-order valence-electron chi connectivity index (χ0n) is 10.7. The fourth-order valence-corrected chi connectivity index (χ4v) is 1.16. The molecule has 0 aromatic heterocycles. The van der Waals surface area contributed by atoms with Gasteiger partial charge < -0.3 is 16.2 Å². The van der Waals surface area contributed by atoms with Crippen LogP contribution in [-0.2, 0) is 4.79 Å². The van der Waals surface area contributed by atoms with Crippen molar-refractivity contribution < 1.29 is 9.90 Å². The Balaban J connectivity index is 2.87. The van der Waals surface area contributed by atoms with E-state index in [1.807, 2.05) is 13.8 Å². The first-order valence-corrected chi connectivity index (χ1v) is 5.54. The molecule has 0 saturated heterocycles. The number of carbonyl (C=O) groups excluding carboxylic acids is 1. The summed E-state index contributed by atoms with van der Waals surface area (Å²) in [5.41, 5.74) is 5.21. The van der Waals surface area contributed by atoms with Gasteiger partial charge in [-0.25, -0.2) is 0 Å². The molecule has 1 amide bonds. The Morgan fingerprint density at radius 3 is 2.35 bits per heavy atom. The largest absolute Gasteiger partial charge is 0.508 e. The van der Waals surface area contributed by atoms with E-state index in [0.29, 0.717) is 5.69 Å². The molecular weight excluding hydrogens is 216 g/mol. The van der Waals surface area contributed by atoms with E-state index in [0.717, 1.165) is 0 Å². The predicted octanol–water partition coefficient (Wildman–Crippen LogP) is 2.09. The lowest BCUT2D eigenvalue weighted by Crippen LogP contribution is -2.53. The minimum atomic E-state index is -0.710. The Morgan fingerprint density at radius 2 is 1.88 bits per heavy atom. The maximum atomic E-state index is 12.1. The van der Waals surface area contributed by atoms with Gasteiger partial charge in [-0.15, -0.1) is 0 Å². The van der Waals surface area contributed by atoms with Crippen molar-refractivity contribution in [3.05, 3.63) is 24.3 Å². The van der Waals surface area contributed by atoms with Gasteiger partial charge >= 0.3 is 0 Å². The average molecular weight is 236 g/mol. The van der Waals surface area contributed by atoms with Crippen LogP contribution in [0.3, 0.4) is 0 Å². The highest BCUT2D eigenvalue weighted by atomic mass is 16.3. The lowest BCUT2D eigenvalue weighted by atomic mass is 9.74. The summed E-state index contributed by atoms with van der Waals surface area (Å²) in [6.07, 6.45) is 0. The molecule has 0 aliphatic heterocycles. The molecule has 1 aromatic carbocycles. The van der Waals surface area contributed by atoms with Crippen molar-refractivity contribution in [2.24, 2.45) is 11.1 Å². The second kappa shape index (κ2) is 4.37. The third-order valence-corrected chi connectivity index (χ3v) is 3.28. The van der Waals surface area contributed by atoms with E-state index in [2.05, 4.69) is 5.32 Å². The summed E-state index contributed by atoms with van der Waals surface area (Å²) in [6.45, 7) is 7.22. The molecule has 17 heavy (non-hydrogen) atoms. The van der Waals surface area contributed by atoms with E-state index in [9.17, 15) is 9.90 Å². The molecule has 0 aliphatic carbocycles. The van der Waals surface area contributed by atoms with Crippen LogP contribution in [0.15, 0.2) is 24.3 Å². The van der Waals surface area contributed by atoms with E-state index >= 15 is 0 Å². The Kier molecular flexibility index (Phi) is 3.48. The van der Waals surface area contributed by atoms with Crippen LogP contribution in [0.4, 0.5) is 5.69 Å². The summed E-state index contributed by atoms with van der Waals surface area (Å²) in [6, 6.07) is 6.44. The van der Waals surface area contributed by atoms with Gasteiger partial charge in [0, 0.05) is 17.3 Å². The molecule has 1 rings (SSSR count). The molecule has 4 N–H and O–H groups in total. The maximum Gasteiger partial charge on any atom is 0.231 e. The Morgan fingerprint density at radius 1 is 1.29 bits per heavy atom. The summed E-state index contributed by atoms with van der Waals surface area (Å²) >= 11 is 0. The zero-order chi connectivity index (χ0) is 13.3. The van der Waals surface area contributed by atoms with Crippen LogP contribution < -0.4 is 11.1 Å². The zero-order valence-corrected chi connectivity index (χ0v) is 10.7. The van der Waals surface area contributed by atoms with Gasteiger partial charge in [-0.05, 0) is 39.8 Å². The number of phenolic OH excluding ortho intramolecular Hbond substituents is 1. The molecule has 0 saturated carbocycles. The first kappa shape index (κ1) is 13.5. The molecule has 0 atom stereocenters. The monoisotopic (exact) mass is 236 g/mol. The lowest BCUT2D eigenvalue weighted by molar-refractivity contribution is -0.126. The fraction of sp³-hybridized carbons (Fsp3) is 0.462. The molecular formula is C13H20N2O2.